The number of ether oxygens (including phenoxy) is 1. The second-order valence-corrected chi connectivity index (χ2v) is 11.1. The summed E-state index contributed by atoms with van der Waals surface area (Å²) in [5, 5.41) is 24.6. The summed E-state index contributed by atoms with van der Waals surface area (Å²) in [6.07, 6.45) is 5.44. The van der Waals surface area contributed by atoms with Crippen molar-refractivity contribution in [2.75, 3.05) is 32.7 Å². The summed E-state index contributed by atoms with van der Waals surface area (Å²) in [5.41, 5.74) is 3.16. The van der Waals surface area contributed by atoms with Gasteiger partial charge in [0, 0.05) is 44.4 Å². The van der Waals surface area contributed by atoms with E-state index in [1.807, 2.05) is 23.1 Å². The van der Waals surface area contributed by atoms with Crippen LogP contribution < -0.4 is 10.1 Å². The molecule has 3 heterocycles. The molecule has 2 aliphatic heterocycles. The molecule has 1 aliphatic carbocycles. The number of aliphatic hydroxyl groups is 2. The summed E-state index contributed by atoms with van der Waals surface area (Å²) in [5.74, 6) is 0.718. The van der Waals surface area contributed by atoms with Crippen molar-refractivity contribution in [3.05, 3.63) is 65.5 Å². The Morgan fingerprint density at radius 2 is 1.82 bits per heavy atom. The number of carbonyl (C=O) groups is 1. The summed E-state index contributed by atoms with van der Waals surface area (Å²) >= 11 is 0. The SMILES string of the molecule is O=C(CNC1c2cc3nc(CO)cnc3cc2OC2(CCCCC2)C1O)N1CCN(Cc2ccccc2)CC1. The van der Waals surface area contributed by atoms with Gasteiger partial charge in [0.15, 0.2) is 0 Å². The van der Waals surface area contributed by atoms with Gasteiger partial charge in [-0.1, -0.05) is 36.8 Å². The molecule has 0 bridgehead atoms. The number of nitrogens with zero attached hydrogens (tertiary/aromatic N) is 4. The van der Waals surface area contributed by atoms with Crippen molar-refractivity contribution >= 4 is 16.9 Å². The Morgan fingerprint density at radius 1 is 1.05 bits per heavy atom. The van der Waals surface area contributed by atoms with Gasteiger partial charge in [0.05, 0.1) is 42.1 Å². The Hall–Kier alpha value is -3.11. The van der Waals surface area contributed by atoms with Gasteiger partial charge < -0.3 is 19.8 Å². The average Bonchev–Trinajstić information content (AvgIpc) is 2.97. The minimum atomic E-state index is -0.799. The molecule has 2 unspecified atom stereocenters. The molecule has 9 nitrogen and oxygen atoms in total. The van der Waals surface area contributed by atoms with Crippen molar-refractivity contribution in [1.29, 1.82) is 0 Å². The van der Waals surface area contributed by atoms with E-state index in [4.69, 9.17) is 4.74 Å². The molecule has 1 spiro atoms. The van der Waals surface area contributed by atoms with Crippen molar-refractivity contribution in [1.82, 2.24) is 25.1 Å². The van der Waals surface area contributed by atoms with Crippen molar-refractivity contribution in [2.45, 2.75) is 63.0 Å². The molecular formula is C30H37N5O4. The highest BCUT2D eigenvalue weighted by Gasteiger charge is 2.50. The van der Waals surface area contributed by atoms with Crippen LogP contribution in [0.2, 0.25) is 0 Å². The van der Waals surface area contributed by atoms with E-state index in [0.717, 1.165) is 57.3 Å². The number of aromatic nitrogens is 2. The fourth-order valence-electron chi connectivity index (χ4n) is 6.33. The molecule has 3 N–H and O–H groups in total. The maximum Gasteiger partial charge on any atom is 0.236 e. The van der Waals surface area contributed by atoms with Gasteiger partial charge in [0.25, 0.3) is 0 Å². The van der Waals surface area contributed by atoms with Gasteiger partial charge in [-0.05, 0) is 37.3 Å². The lowest BCUT2D eigenvalue weighted by Gasteiger charge is -2.48. The summed E-state index contributed by atoms with van der Waals surface area (Å²) in [4.78, 5) is 26.5. The minimum absolute atomic E-state index is 0.0374. The second-order valence-electron chi connectivity index (χ2n) is 11.1. The molecule has 3 aromatic rings. The van der Waals surface area contributed by atoms with E-state index in [1.165, 1.54) is 5.56 Å². The van der Waals surface area contributed by atoms with Crippen molar-refractivity contribution < 1.29 is 19.7 Å². The third-order valence-corrected chi connectivity index (χ3v) is 8.54. The summed E-state index contributed by atoms with van der Waals surface area (Å²) < 4.78 is 6.54. The first-order chi connectivity index (χ1) is 19.0. The molecule has 2 aromatic carbocycles. The molecular weight excluding hydrogens is 494 g/mol. The normalized spacial score (nSPS) is 23.0. The first-order valence-electron chi connectivity index (χ1n) is 14.1. The summed E-state index contributed by atoms with van der Waals surface area (Å²) in [6.45, 7) is 3.88. The van der Waals surface area contributed by atoms with Gasteiger partial charge in [-0.15, -0.1) is 0 Å². The molecule has 1 saturated heterocycles. The number of fused-ring (bicyclic) bond motifs is 2. The van der Waals surface area contributed by atoms with E-state index < -0.39 is 17.7 Å². The third kappa shape index (κ3) is 5.36. The molecule has 206 valence electrons. The zero-order valence-corrected chi connectivity index (χ0v) is 22.3. The topological polar surface area (TPSA) is 111 Å². The Balaban J connectivity index is 1.17. The Kier molecular flexibility index (Phi) is 7.49. The number of hydrogen-bond acceptors (Lipinski definition) is 8. The fourth-order valence-corrected chi connectivity index (χ4v) is 6.33. The van der Waals surface area contributed by atoms with E-state index in [1.54, 1.807) is 6.20 Å². The number of benzene rings is 2. The second kappa shape index (κ2) is 11.2. The minimum Gasteiger partial charge on any atom is -0.484 e. The molecule has 1 aromatic heterocycles. The quantitative estimate of drug-likeness (QED) is 0.445. The molecule has 1 amide bonds. The first kappa shape index (κ1) is 26.1. The van der Waals surface area contributed by atoms with Gasteiger partial charge in [-0.25, -0.2) is 4.98 Å². The lowest BCUT2D eigenvalue weighted by Crippen LogP contribution is -2.58. The highest BCUT2D eigenvalue weighted by atomic mass is 16.5. The molecule has 39 heavy (non-hydrogen) atoms. The van der Waals surface area contributed by atoms with E-state index in [-0.39, 0.29) is 19.1 Å². The molecule has 9 heteroatoms. The van der Waals surface area contributed by atoms with E-state index in [0.29, 0.717) is 35.6 Å². The molecule has 2 fully saturated rings. The Labute approximate surface area is 228 Å². The van der Waals surface area contributed by atoms with Crippen LogP contribution in [0.1, 0.15) is 55.0 Å². The lowest BCUT2D eigenvalue weighted by molar-refractivity contribution is -0.133. The maximum absolute atomic E-state index is 13.3. The first-order valence-corrected chi connectivity index (χ1v) is 14.1. The van der Waals surface area contributed by atoms with Gasteiger partial charge >= 0.3 is 0 Å². The van der Waals surface area contributed by atoms with E-state index in [2.05, 4.69) is 44.5 Å². The zero-order chi connectivity index (χ0) is 26.8. The molecule has 6 rings (SSSR count). The van der Waals surface area contributed by atoms with Crippen LogP contribution in [0.15, 0.2) is 48.7 Å². The monoisotopic (exact) mass is 531 g/mol. The number of rotatable bonds is 6. The van der Waals surface area contributed by atoms with Gasteiger partial charge in [0.2, 0.25) is 5.91 Å². The van der Waals surface area contributed by atoms with Crippen LogP contribution in [0.25, 0.3) is 11.0 Å². The largest absolute Gasteiger partial charge is 0.484 e. The number of hydrogen-bond donors (Lipinski definition) is 3. The number of aliphatic hydroxyl groups excluding tert-OH is 2. The fraction of sp³-hybridized carbons (Fsp3) is 0.500. The molecule has 3 aliphatic rings. The summed E-state index contributed by atoms with van der Waals surface area (Å²) in [6, 6.07) is 13.7. The summed E-state index contributed by atoms with van der Waals surface area (Å²) in [7, 11) is 0. The highest BCUT2D eigenvalue weighted by Crippen LogP contribution is 2.47. The molecule has 0 radical (unpaired) electrons. The van der Waals surface area contributed by atoms with Crippen LogP contribution in [0, 0.1) is 0 Å². The lowest BCUT2D eigenvalue weighted by atomic mass is 9.74. The van der Waals surface area contributed by atoms with Crippen LogP contribution in [0.5, 0.6) is 5.75 Å². The van der Waals surface area contributed by atoms with Gasteiger partial charge in [0.1, 0.15) is 17.5 Å². The van der Waals surface area contributed by atoms with Crippen LogP contribution in [-0.4, -0.2) is 80.3 Å². The third-order valence-electron chi connectivity index (χ3n) is 8.54. The van der Waals surface area contributed by atoms with Crippen molar-refractivity contribution in [2.24, 2.45) is 0 Å². The number of amides is 1. The Morgan fingerprint density at radius 3 is 2.56 bits per heavy atom. The van der Waals surface area contributed by atoms with Gasteiger partial charge in [-0.2, -0.15) is 0 Å². The van der Waals surface area contributed by atoms with E-state index in [9.17, 15) is 15.0 Å². The molecule has 2 atom stereocenters. The predicted molar refractivity (Wildman–Crippen MR) is 147 cm³/mol. The van der Waals surface area contributed by atoms with Crippen LogP contribution in [-0.2, 0) is 17.9 Å². The average molecular weight is 532 g/mol. The maximum atomic E-state index is 13.3. The van der Waals surface area contributed by atoms with Crippen molar-refractivity contribution in [3.8, 4) is 5.75 Å². The van der Waals surface area contributed by atoms with E-state index >= 15 is 0 Å². The highest BCUT2D eigenvalue weighted by molar-refractivity contribution is 5.79. The predicted octanol–water partition coefficient (Wildman–Crippen LogP) is 2.55. The number of carbonyl (C=O) groups excluding carboxylic acids is 1. The zero-order valence-electron chi connectivity index (χ0n) is 22.3. The standard InChI is InChI=1S/C30H37N5O4/c36-20-22-17-31-24-16-26-23(15-25(24)33-22)28(29(38)30(39-26)9-5-2-6-10-30)32-18-27(37)35-13-11-34(12-14-35)19-21-7-3-1-4-8-21/h1,3-4,7-8,15-17,28-29,32,36,38H,2,5-6,9-14,18-20H2. The smallest absolute Gasteiger partial charge is 0.236 e. The number of piperazine rings is 1. The van der Waals surface area contributed by atoms with Crippen LogP contribution >= 0.6 is 0 Å². The Bertz CT molecular complexity index is 1310. The van der Waals surface area contributed by atoms with Crippen LogP contribution in [0.4, 0.5) is 0 Å². The van der Waals surface area contributed by atoms with Crippen molar-refractivity contribution in [3.63, 3.8) is 0 Å². The van der Waals surface area contributed by atoms with Gasteiger partial charge in [-0.3, -0.25) is 20.0 Å². The molecule has 1 saturated carbocycles. The number of nitrogens with one attached hydrogen (secondary N) is 1. The van der Waals surface area contributed by atoms with Crippen LogP contribution in [0.3, 0.4) is 0 Å².